The molecule has 2 aromatic rings. The number of benzene rings is 1. The average Bonchev–Trinajstić information content (AvgIpc) is 2.50. The molecular formula is C11H13NO. The number of rotatable bonds is 1. The summed E-state index contributed by atoms with van der Waals surface area (Å²) in [5, 5.41) is 1.28. The molecule has 1 N–H and O–H groups in total. The second-order valence-corrected chi connectivity index (χ2v) is 3.31. The normalized spacial score (nSPS) is 10.7. The van der Waals surface area contributed by atoms with Gasteiger partial charge in [-0.25, -0.2) is 0 Å². The predicted molar refractivity (Wildman–Crippen MR) is 54.3 cm³/mol. The van der Waals surface area contributed by atoms with Crippen LogP contribution in [-0.4, -0.2) is 12.1 Å². The van der Waals surface area contributed by atoms with Crippen LogP contribution in [0.15, 0.2) is 18.3 Å². The highest BCUT2D eigenvalue weighted by Crippen LogP contribution is 2.29. The lowest BCUT2D eigenvalue weighted by molar-refractivity contribution is 0.419. The van der Waals surface area contributed by atoms with Crippen molar-refractivity contribution in [2.45, 2.75) is 13.8 Å². The highest BCUT2D eigenvalue weighted by molar-refractivity contribution is 5.90. The molecule has 68 valence electrons. The minimum Gasteiger partial charge on any atom is -0.495 e. The van der Waals surface area contributed by atoms with Gasteiger partial charge in [0.2, 0.25) is 0 Å². The first-order chi connectivity index (χ1) is 6.24. The third kappa shape index (κ3) is 1.10. The molecule has 0 atom stereocenters. The summed E-state index contributed by atoms with van der Waals surface area (Å²) < 4.78 is 5.26. The Morgan fingerprint density at radius 3 is 2.62 bits per heavy atom. The van der Waals surface area contributed by atoms with Crippen LogP contribution in [0, 0.1) is 13.8 Å². The van der Waals surface area contributed by atoms with E-state index in [4.69, 9.17) is 4.74 Å². The molecule has 0 saturated carbocycles. The highest BCUT2D eigenvalue weighted by Gasteiger charge is 2.07. The smallest absolute Gasteiger partial charge is 0.142 e. The standard InChI is InChI=1S/C11H13NO/c1-7-4-5-9(13-3)11-10(7)8(2)6-12-11/h4-6,12H,1-3H3. The number of hydrogen-bond donors (Lipinski definition) is 1. The first-order valence-electron chi connectivity index (χ1n) is 4.35. The average molecular weight is 175 g/mol. The van der Waals surface area contributed by atoms with Crippen molar-refractivity contribution in [3.63, 3.8) is 0 Å². The van der Waals surface area contributed by atoms with Crippen molar-refractivity contribution in [2.24, 2.45) is 0 Å². The number of aromatic amines is 1. The number of fused-ring (bicyclic) bond motifs is 1. The molecule has 0 radical (unpaired) electrons. The van der Waals surface area contributed by atoms with Gasteiger partial charge in [0.25, 0.3) is 0 Å². The van der Waals surface area contributed by atoms with Crippen LogP contribution in [0.2, 0.25) is 0 Å². The van der Waals surface area contributed by atoms with Gasteiger partial charge in [-0.2, -0.15) is 0 Å². The summed E-state index contributed by atoms with van der Waals surface area (Å²) in [5.74, 6) is 0.911. The molecule has 0 spiro atoms. The number of ether oxygens (including phenoxy) is 1. The Labute approximate surface area is 77.5 Å². The molecule has 1 aromatic carbocycles. The number of aromatic nitrogens is 1. The lowest BCUT2D eigenvalue weighted by Gasteiger charge is -2.03. The summed E-state index contributed by atoms with van der Waals surface area (Å²) in [6, 6.07) is 4.08. The molecule has 2 rings (SSSR count). The molecule has 0 aliphatic rings. The van der Waals surface area contributed by atoms with Crippen LogP contribution in [0.5, 0.6) is 5.75 Å². The van der Waals surface area contributed by atoms with Gasteiger partial charge in [-0.3, -0.25) is 0 Å². The van der Waals surface area contributed by atoms with Crippen molar-refractivity contribution in [1.29, 1.82) is 0 Å². The largest absolute Gasteiger partial charge is 0.495 e. The lowest BCUT2D eigenvalue weighted by Crippen LogP contribution is -1.85. The third-order valence-electron chi connectivity index (χ3n) is 2.42. The summed E-state index contributed by atoms with van der Waals surface area (Å²) in [7, 11) is 1.69. The molecule has 1 heterocycles. The fraction of sp³-hybridized carbons (Fsp3) is 0.273. The maximum Gasteiger partial charge on any atom is 0.142 e. The minimum atomic E-state index is 0.911. The van der Waals surface area contributed by atoms with Crippen molar-refractivity contribution >= 4 is 10.9 Å². The van der Waals surface area contributed by atoms with Crippen LogP contribution in [0.3, 0.4) is 0 Å². The fourth-order valence-corrected chi connectivity index (χ4v) is 1.76. The number of aryl methyl sites for hydroxylation is 2. The molecule has 0 bridgehead atoms. The molecule has 0 aliphatic carbocycles. The molecule has 0 fully saturated rings. The molecule has 0 saturated heterocycles. The molecule has 2 nitrogen and oxygen atoms in total. The van der Waals surface area contributed by atoms with Gasteiger partial charge in [-0.05, 0) is 31.0 Å². The van der Waals surface area contributed by atoms with E-state index in [9.17, 15) is 0 Å². The van der Waals surface area contributed by atoms with Crippen LogP contribution in [0.25, 0.3) is 10.9 Å². The van der Waals surface area contributed by atoms with Crippen LogP contribution < -0.4 is 4.74 Å². The summed E-state index contributed by atoms with van der Waals surface area (Å²) in [5.41, 5.74) is 3.65. The monoisotopic (exact) mass is 175 g/mol. The Morgan fingerprint density at radius 1 is 1.15 bits per heavy atom. The van der Waals surface area contributed by atoms with Crippen LogP contribution in [0.1, 0.15) is 11.1 Å². The Kier molecular flexibility index (Phi) is 1.76. The van der Waals surface area contributed by atoms with E-state index in [0.717, 1.165) is 11.3 Å². The molecule has 2 heteroatoms. The van der Waals surface area contributed by atoms with Crippen LogP contribution in [0.4, 0.5) is 0 Å². The SMILES string of the molecule is COc1ccc(C)c2c(C)c[nH]c12. The fourth-order valence-electron chi connectivity index (χ4n) is 1.76. The van der Waals surface area contributed by atoms with Crippen LogP contribution >= 0.6 is 0 Å². The van der Waals surface area contributed by atoms with E-state index >= 15 is 0 Å². The second-order valence-electron chi connectivity index (χ2n) is 3.31. The first-order valence-corrected chi connectivity index (χ1v) is 4.35. The van der Waals surface area contributed by atoms with Gasteiger partial charge >= 0.3 is 0 Å². The maximum absolute atomic E-state index is 5.26. The van der Waals surface area contributed by atoms with E-state index in [0.29, 0.717) is 0 Å². The van der Waals surface area contributed by atoms with Gasteiger partial charge < -0.3 is 9.72 Å². The van der Waals surface area contributed by atoms with Crippen molar-refractivity contribution in [3.8, 4) is 5.75 Å². The molecule has 0 unspecified atom stereocenters. The molecule has 1 aromatic heterocycles. The van der Waals surface area contributed by atoms with E-state index < -0.39 is 0 Å². The van der Waals surface area contributed by atoms with E-state index in [2.05, 4.69) is 24.9 Å². The lowest BCUT2D eigenvalue weighted by atomic mass is 10.1. The highest BCUT2D eigenvalue weighted by atomic mass is 16.5. The van der Waals surface area contributed by atoms with Crippen molar-refractivity contribution in [2.75, 3.05) is 7.11 Å². The summed E-state index contributed by atoms with van der Waals surface area (Å²) in [6.07, 6.45) is 2.01. The number of nitrogens with one attached hydrogen (secondary N) is 1. The number of methoxy groups -OCH3 is 1. The Morgan fingerprint density at radius 2 is 1.92 bits per heavy atom. The van der Waals surface area contributed by atoms with Gasteiger partial charge in [0.1, 0.15) is 5.75 Å². The molecule has 0 amide bonds. The number of H-pyrrole nitrogens is 1. The molecular weight excluding hydrogens is 162 g/mol. The summed E-state index contributed by atoms with van der Waals surface area (Å²) in [6.45, 7) is 4.22. The van der Waals surface area contributed by atoms with Crippen molar-refractivity contribution in [1.82, 2.24) is 4.98 Å². The Balaban J connectivity index is 2.87. The van der Waals surface area contributed by atoms with Gasteiger partial charge in [0.05, 0.1) is 12.6 Å². The second kappa shape index (κ2) is 2.80. The van der Waals surface area contributed by atoms with Crippen LogP contribution in [-0.2, 0) is 0 Å². The topological polar surface area (TPSA) is 25.0 Å². The maximum atomic E-state index is 5.26. The third-order valence-corrected chi connectivity index (χ3v) is 2.42. The van der Waals surface area contributed by atoms with Crippen molar-refractivity contribution in [3.05, 3.63) is 29.5 Å². The molecule has 13 heavy (non-hydrogen) atoms. The predicted octanol–water partition coefficient (Wildman–Crippen LogP) is 2.79. The Bertz CT molecular complexity index is 443. The zero-order valence-corrected chi connectivity index (χ0v) is 8.14. The van der Waals surface area contributed by atoms with Gasteiger partial charge in [-0.1, -0.05) is 6.07 Å². The van der Waals surface area contributed by atoms with Crippen molar-refractivity contribution < 1.29 is 4.74 Å². The van der Waals surface area contributed by atoms with E-state index in [1.807, 2.05) is 12.3 Å². The van der Waals surface area contributed by atoms with Gasteiger partial charge in [-0.15, -0.1) is 0 Å². The number of hydrogen-bond acceptors (Lipinski definition) is 1. The summed E-state index contributed by atoms with van der Waals surface area (Å²) in [4.78, 5) is 3.22. The summed E-state index contributed by atoms with van der Waals surface area (Å²) >= 11 is 0. The van der Waals surface area contributed by atoms with E-state index in [-0.39, 0.29) is 0 Å². The van der Waals surface area contributed by atoms with E-state index in [1.165, 1.54) is 16.5 Å². The Hall–Kier alpha value is -1.44. The molecule has 0 aliphatic heterocycles. The van der Waals surface area contributed by atoms with Gasteiger partial charge in [0, 0.05) is 11.6 Å². The quantitative estimate of drug-likeness (QED) is 0.708. The van der Waals surface area contributed by atoms with Gasteiger partial charge in [0.15, 0.2) is 0 Å². The van der Waals surface area contributed by atoms with E-state index in [1.54, 1.807) is 7.11 Å². The zero-order chi connectivity index (χ0) is 9.42. The zero-order valence-electron chi connectivity index (χ0n) is 8.14. The minimum absolute atomic E-state index is 0.911. The first kappa shape index (κ1) is 8.17.